The summed E-state index contributed by atoms with van der Waals surface area (Å²) in [6.45, 7) is 5.41. The monoisotopic (exact) mass is 298 g/mol. The maximum atomic E-state index is 12.6. The van der Waals surface area contributed by atoms with Crippen LogP contribution in [0.5, 0.6) is 0 Å². The Morgan fingerprint density at radius 2 is 2.05 bits per heavy atom. The van der Waals surface area contributed by atoms with Crippen molar-refractivity contribution in [1.82, 2.24) is 20.1 Å². The molecule has 2 aromatic rings. The lowest BCUT2D eigenvalue weighted by molar-refractivity contribution is -0.137. The van der Waals surface area contributed by atoms with Crippen LogP contribution in [0.2, 0.25) is 0 Å². The molecule has 114 valence electrons. The first-order valence-electron chi connectivity index (χ1n) is 6.70. The fourth-order valence-corrected chi connectivity index (χ4v) is 1.94. The van der Waals surface area contributed by atoms with Crippen molar-refractivity contribution in [2.45, 2.75) is 33.0 Å². The van der Waals surface area contributed by atoms with Gasteiger partial charge in [0.1, 0.15) is 0 Å². The lowest BCUT2D eigenvalue weighted by atomic mass is 10.2. The number of nitrogens with one attached hydrogen (secondary N) is 1. The Balaban J connectivity index is 2.25. The van der Waals surface area contributed by atoms with Gasteiger partial charge in [-0.1, -0.05) is 6.92 Å². The van der Waals surface area contributed by atoms with Gasteiger partial charge in [-0.05, 0) is 37.6 Å². The minimum Gasteiger partial charge on any atom is -0.313 e. The Kier molecular flexibility index (Phi) is 4.62. The number of hydrogen-bond acceptors (Lipinski definition) is 3. The predicted molar refractivity (Wildman–Crippen MR) is 73.1 cm³/mol. The van der Waals surface area contributed by atoms with Crippen molar-refractivity contribution in [3.8, 4) is 5.82 Å². The Hall–Kier alpha value is -1.89. The molecular formula is C14H17F3N4. The van der Waals surface area contributed by atoms with Crippen molar-refractivity contribution in [1.29, 1.82) is 0 Å². The van der Waals surface area contributed by atoms with Gasteiger partial charge in [0.25, 0.3) is 0 Å². The van der Waals surface area contributed by atoms with Gasteiger partial charge in [0.2, 0.25) is 0 Å². The van der Waals surface area contributed by atoms with E-state index in [1.807, 2.05) is 6.07 Å². The fourth-order valence-electron chi connectivity index (χ4n) is 1.94. The topological polar surface area (TPSA) is 42.7 Å². The van der Waals surface area contributed by atoms with E-state index >= 15 is 0 Å². The highest BCUT2D eigenvalue weighted by Crippen LogP contribution is 2.29. The molecule has 0 aromatic carbocycles. The summed E-state index contributed by atoms with van der Waals surface area (Å²) in [7, 11) is 0. The van der Waals surface area contributed by atoms with E-state index in [1.165, 1.54) is 0 Å². The fraction of sp³-hybridized carbons (Fsp3) is 0.429. The van der Waals surface area contributed by atoms with Crippen LogP contribution in [0.25, 0.3) is 5.82 Å². The zero-order chi connectivity index (χ0) is 15.5. The molecule has 4 nitrogen and oxygen atoms in total. The SMILES string of the molecule is CCCNCc1cc(C)nc(-n2cc(C(F)(F)F)cn2)c1. The average Bonchev–Trinajstić information content (AvgIpc) is 2.88. The highest BCUT2D eigenvalue weighted by Gasteiger charge is 2.32. The predicted octanol–water partition coefficient (Wildman–Crippen LogP) is 3.09. The van der Waals surface area contributed by atoms with E-state index in [4.69, 9.17) is 0 Å². The summed E-state index contributed by atoms with van der Waals surface area (Å²) in [6, 6.07) is 3.64. The number of halogens is 3. The summed E-state index contributed by atoms with van der Waals surface area (Å²) in [5.74, 6) is 0.388. The maximum absolute atomic E-state index is 12.6. The van der Waals surface area contributed by atoms with Gasteiger partial charge in [-0.2, -0.15) is 18.3 Å². The van der Waals surface area contributed by atoms with Crippen molar-refractivity contribution in [3.05, 3.63) is 41.3 Å². The summed E-state index contributed by atoms with van der Waals surface area (Å²) in [5.41, 5.74) is 0.927. The molecule has 2 heterocycles. The third-order valence-corrected chi connectivity index (χ3v) is 2.90. The maximum Gasteiger partial charge on any atom is 0.419 e. The molecular weight excluding hydrogens is 281 g/mol. The Bertz CT molecular complexity index is 605. The Labute approximate surface area is 121 Å². The smallest absolute Gasteiger partial charge is 0.313 e. The summed E-state index contributed by atoms with van der Waals surface area (Å²) in [6.07, 6.45) is -1.62. The van der Waals surface area contributed by atoms with Crippen LogP contribution in [0.15, 0.2) is 24.5 Å². The first kappa shape index (κ1) is 15.5. The highest BCUT2D eigenvalue weighted by atomic mass is 19.4. The van der Waals surface area contributed by atoms with Crippen LogP contribution in [-0.4, -0.2) is 21.3 Å². The number of alkyl halides is 3. The molecule has 0 aliphatic heterocycles. The van der Waals surface area contributed by atoms with E-state index in [2.05, 4.69) is 22.3 Å². The molecule has 0 fully saturated rings. The Morgan fingerprint density at radius 3 is 2.67 bits per heavy atom. The van der Waals surface area contributed by atoms with Crippen molar-refractivity contribution in [3.63, 3.8) is 0 Å². The lowest BCUT2D eigenvalue weighted by Gasteiger charge is -2.08. The van der Waals surface area contributed by atoms with Crippen molar-refractivity contribution in [2.75, 3.05) is 6.54 Å². The summed E-state index contributed by atoms with van der Waals surface area (Å²) in [4.78, 5) is 4.23. The summed E-state index contributed by atoms with van der Waals surface area (Å²) in [5, 5.41) is 6.99. The average molecular weight is 298 g/mol. The molecule has 2 rings (SSSR count). The minimum absolute atomic E-state index is 0.388. The normalized spacial score (nSPS) is 11.9. The standard InChI is InChI=1S/C14H17F3N4/c1-3-4-18-7-11-5-10(2)20-13(6-11)21-9-12(8-19-21)14(15,16)17/h5-6,8-9,18H,3-4,7H2,1-2H3. The van der Waals surface area contributed by atoms with E-state index in [1.54, 1.807) is 13.0 Å². The molecule has 0 bridgehead atoms. The van der Waals surface area contributed by atoms with E-state index in [9.17, 15) is 13.2 Å². The van der Waals surface area contributed by atoms with Crippen LogP contribution in [0.4, 0.5) is 13.2 Å². The molecule has 0 saturated carbocycles. The van der Waals surface area contributed by atoms with Crippen LogP contribution in [0.1, 0.15) is 30.2 Å². The van der Waals surface area contributed by atoms with Gasteiger partial charge in [-0.25, -0.2) is 9.67 Å². The molecule has 0 aliphatic carbocycles. The quantitative estimate of drug-likeness (QED) is 0.863. The van der Waals surface area contributed by atoms with Gasteiger partial charge in [-0.3, -0.25) is 0 Å². The molecule has 0 aliphatic rings. The van der Waals surface area contributed by atoms with Crippen molar-refractivity contribution in [2.24, 2.45) is 0 Å². The van der Waals surface area contributed by atoms with E-state index < -0.39 is 11.7 Å². The second kappa shape index (κ2) is 6.26. The number of aryl methyl sites for hydroxylation is 1. The number of rotatable bonds is 5. The van der Waals surface area contributed by atoms with Crippen molar-refractivity contribution < 1.29 is 13.2 Å². The van der Waals surface area contributed by atoms with Crippen molar-refractivity contribution >= 4 is 0 Å². The second-order valence-electron chi connectivity index (χ2n) is 4.82. The zero-order valence-corrected chi connectivity index (χ0v) is 11.9. The number of nitrogens with zero attached hydrogens (tertiary/aromatic N) is 3. The highest BCUT2D eigenvalue weighted by molar-refractivity contribution is 5.31. The number of pyridine rings is 1. The molecule has 21 heavy (non-hydrogen) atoms. The van der Waals surface area contributed by atoms with Crippen LogP contribution in [0.3, 0.4) is 0 Å². The van der Waals surface area contributed by atoms with Crippen LogP contribution in [-0.2, 0) is 12.7 Å². The van der Waals surface area contributed by atoms with Crippen LogP contribution in [0, 0.1) is 6.92 Å². The van der Waals surface area contributed by atoms with Gasteiger partial charge in [0.15, 0.2) is 5.82 Å². The first-order valence-corrected chi connectivity index (χ1v) is 6.70. The molecule has 1 N–H and O–H groups in total. The summed E-state index contributed by atoms with van der Waals surface area (Å²) < 4.78 is 38.9. The molecule has 2 aromatic heterocycles. The molecule has 0 spiro atoms. The second-order valence-corrected chi connectivity index (χ2v) is 4.82. The number of aromatic nitrogens is 3. The minimum atomic E-state index is -4.40. The van der Waals surface area contributed by atoms with E-state index in [0.717, 1.165) is 41.3 Å². The molecule has 0 amide bonds. The zero-order valence-electron chi connectivity index (χ0n) is 11.9. The Morgan fingerprint density at radius 1 is 1.29 bits per heavy atom. The van der Waals surface area contributed by atoms with Gasteiger partial charge in [0.05, 0.1) is 11.8 Å². The first-order chi connectivity index (χ1) is 9.90. The number of hydrogen-bond donors (Lipinski definition) is 1. The molecule has 0 saturated heterocycles. The van der Waals surface area contributed by atoms with Crippen LogP contribution >= 0.6 is 0 Å². The van der Waals surface area contributed by atoms with Gasteiger partial charge in [0, 0.05) is 18.4 Å². The van der Waals surface area contributed by atoms with Gasteiger partial charge >= 0.3 is 6.18 Å². The van der Waals surface area contributed by atoms with E-state index in [0.29, 0.717) is 12.4 Å². The van der Waals surface area contributed by atoms with E-state index in [-0.39, 0.29) is 0 Å². The third-order valence-electron chi connectivity index (χ3n) is 2.90. The molecule has 0 radical (unpaired) electrons. The molecule has 7 heteroatoms. The summed E-state index contributed by atoms with van der Waals surface area (Å²) >= 11 is 0. The largest absolute Gasteiger partial charge is 0.419 e. The third kappa shape index (κ3) is 4.04. The van der Waals surface area contributed by atoms with Gasteiger partial charge < -0.3 is 5.32 Å². The molecule has 0 unspecified atom stereocenters. The lowest BCUT2D eigenvalue weighted by Crippen LogP contribution is -2.14. The molecule has 0 atom stereocenters. The van der Waals surface area contributed by atoms with Gasteiger partial charge in [-0.15, -0.1) is 0 Å². The van der Waals surface area contributed by atoms with Crippen LogP contribution < -0.4 is 5.32 Å².